The topological polar surface area (TPSA) is 70.7 Å². The quantitative estimate of drug-likeness (QED) is 0.883. The number of hydrogen-bond donors (Lipinski definition) is 2. The van der Waals surface area contributed by atoms with Crippen LogP contribution in [0.25, 0.3) is 0 Å². The summed E-state index contributed by atoms with van der Waals surface area (Å²) in [7, 11) is 0. The van der Waals surface area contributed by atoms with Gasteiger partial charge in [-0.05, 0) is 38.0 Å². The molecule has 0 unspecified atom stereocenters. The summed E-state index contributed by atoms with van der Waals surface area (Å²) in [5.74, 6) is -1.13. The molecule has 2 rings (SSSR count). The maximum Gasteiger partial charge on any atom is 0.409 e. The van der Waals surface area contributed by atoms with Crippen LogP contribution in [-0.2, 0) is 11.3 Å². The number of amides is 3. The van der Waals surface area contributed by atoms with Gasteiger partial charge < -0.3 is 20.3 Å². The van der Waals surface area contributed by atoms with E-state index in [1.165, 1.54) is 0 Å². The van der Waals surface area contributed by atoms with Crippen molar-refractivity contribution in [2.24, 2.45) is 0 Å². The van der Waals surface area contributed by atoms with Crippen LogP contribution in [0, 0.1) is 11.6 Å². The lowest BCUT2D eigenvalue weighted by atomic mass is 10.1. The molecule has 2 N–H and O–H groups in total. The van der Waals surface area contributed by atoms with Crippen LogP contribution in [0.15, 0.2) is 18.2 Å². The molecule has 3 amide bonds. The van der Waals surface area contributed by atoms with Crippen molar-refractivity contribution in [3.8, 4) is 0 Å². The minimum atomic E-state index is -0.570. The average Bonchev–Trinajstić information content (AvgIpc) is 2.56. The van der Waals surface area contributed by atoms with Gasteiger partial charge >= 0.3 is 12.1 Å². The zero-order chi connectivity index (χ0) is 17.5. The van der Waals surface area contributed by atoms with Gasteiger partial charge in [0, 0.05) is 31.2 Å². The molecule has 8 heteroatoms. The molecule has 0 spiro atoms. The van der Waals surface area contributed by atoms with E-state index >= 15 is 0 Å². The molecule has 0 bridgehead atoms. The number of nitrogens with zero attached hydrogens (tertiary/aromatic N) is 1. The molecule has 24 heavy (non-hydrogen) atoms. The van der Waals surface area contributed by atoms with Gasteiger partial charge in [0.05, 0.1) is 6.61 Å². The first-order valence-electron chi connectivity index (χ1n) is 7.89. The summed E-state index contributed by atoms with van der Waals surface area (Å²) in [5.41, 5.74) is 0.0854. The Kier molecular flexibility index (Phi) is 6.34. The summed E-state index contributed by atoms with van der Waals surface area (Å²) in [5, 5.41) is 5.28. The summed E-state index contributed by atoms with van der Waals surface area (Å²) in [4.78, 5) is 25.0. The minimum Gasteiger partial charge on any atom is -0.450 e. The third kappa shape index (κ3) is 5.07. The molecule has 0 atom stereocenters. The highest BCUT2D eigenvalue weighted by atomic mass is 19.1. The second-order valence-corrected chi connectivity index (χ2v) is 5.52. The summed E-state index contributed by atoms with van der Waals surface area (Å²) in [6.07, 6.45) is 0.878. The van der Waals surface area contributed by atoms with Gasteiger partial charge in [-0.15, -0.1) is 0 Å². The van der Waals surface area contributed by atoms with Crippen LogP contribution >= 0.6 is 0 Å². The minimum absolute atomic E-state index is 0.0759. The third-order valence-corrected chi connectivity index (χ3v) is 3.80. The first-order valence-corrected chi connectivity index (χ1v) is 7.89. The van der Waals surface area contributed by atoms with Gasteiger partial charge in [-0.1, -0.05) is 0 Å². The number of halogens is 2. The molecule has 132 valence electrons. The van der Waals surface area contributed by atoms with E-state index in [4.69, 9.17) is 4.74 Å². The maximum absolute atomic E-state index is 13.5. The first-order chi connectivity index (χ1) is 11.5. The first kappa shape index (κ1) is 18.0. The number of benzene rings is 1. The molecule has 1 aliphatic rings. The van der Waals surface area contributed by atoms with Gasteiger partial charge in [0.2, 0.25) is 0 Å². The molecule has 1 aromatic rings. The van der Waals surface area contributed by atoms with Crippen molar-refractivity contribution in [3.05, 3.63) is 35.4 Å². The monoisotopic (exact) mass is 341 g/mol. The van der Waals surface area contributed by atoms with Gasteiger partial charge in [-0.2, -0.15) is 0 Å². The number of nitrogens with one attached hydrogen (secondary N) is 2. The van der Waals surface area contributed by atoms with Crippen molar-refractivity contribution in [2.45, 2.75) is 32.4 Å². The Bertz CT molecular complexity index is 590. The molecular formula is C16H21F2N3O3. The molecule has 0 aromatic heterocycles. The fraction of sp³-hybridized carbons (Fsp3) is 0.500. The maximum atomic E-state index is 13.5. The van der Waals surface area contributed by atoms with Gasteiger partial charge in [0.25, 0.3) is 0 Å². The van der Waals surface area contributed by atoms with E-state index in [0.717, 1.165) is 18.2 Å². The molecule has 6 nitrogen and oxygen atoms in total. The van der Waals surface area contributed by atoms with Crippen molar-refractivity contribution in [1.29, 1.82) is 0 Å². The Morgan fingerprint density at radius 3 is 2.67 bits per heavy atom. The highest BCUT2D eigenvalue weighted by Gasteiger charge is 2.24. The molecule has 1 saturated heterocycles. The van der Waals surface area contributed by atoms with Gasteiger partial charge in [0.1, 0.15) is 11.6 Å². The lowest BCUT2D eigenvalue weighted by molar-refractivity contribution is 0.0957. The second kappa shape index (κ2) is 8.47. The number of carbonyl (C=O) groups excluding carboxylic acids is 2. The molecule has 0 aliphatic carbocycles. The third-order valence-electron chi connectivity index (χ3n) is 3.80. The Labute approximate surface area is 139 Å². The molecule has 1 aromatic carbocycles. The van der Waals surface area contributed by atoms with E-state index in [1.807, 2.05) is 0 Å². The van der Waals surface area contributed by atoms with Crippen LogP contribution in [0.4, 0.5) is 18.4 Å². The van der Waals surface area contributed by atoms with Crippen molar-refractivity contribution >= 4 is 12.1 Å². The standard InChI is InChI=1S/C16H21F2N3O3/c1-2-24-16(23)21-7-5-13(6-8-21)20-15(22)19-10-11-9-12(17)3-4-14(11)18/h3-4,9,13H,2,5-8,10H2,1H3,(H2,19,20,22). The Morgan fingerprint density at radius 1 is 1.29 bits per heavy atom. The molecule has 0 radical (unpaired) electrons. The van der Waals surface area contributed by atoms with Crippen molar-refractivity contribution < 1.29 is 23.1 Å². The van der Waals surface area contributed by atoms with E-state index < -0.39 is 17.7 Å². The molecule has 1 heterocycles. The molecule has 1 aliphatic heterocycles. The largest absolute Gasteiger partial charge is 0.450 e. The van der Waals surface area contributed by atoms with Gasteiger partial charge in [-0.25, -0.2) is 18.4 Å². The Hall–Kier alpha value is -2.38. The van der Waals surface area contributed by atoms with E-state index in [0.29, 0.717) is 32.5 Å². The molecular weight excluding hydrogens is 320 g/mol. The Balaban J connectivity index is 1.74. The fourth-order valence-corrected chi connectivity index (χ4v) is 2.51. The summed E-state index contributed by atoms with van der Waals surface area (Å²) >= 11 is 0. The van der Waals surface area contributed by atoms with E-state index in [2.05, 4.69) is 10.6 Å². The highest BCUT2D eigenvalue weighted by molar-refractivity contribution is 5.74. The summed E-state index contributed by atoms with van der Waals surface area (Å²) < 4.78 is 31.5. The number of rotatable bonds is 4. The second-order valence-electron chi connectivity index (χ2n) is 5.52. The SMILES string of the molecule is CCOC(=O)N1CCC(NC(=O)NCc2cc(F)ccc2F)CC1. The molecule has 1 fully saturated rings. The zero-order valence-corrected chi connectivity index (χ0v) is 13.5. The van der Waals surface area contributed by atoms with Crippen LogP contribution < -0.4 is 10.6 Å². The Morgan fingerprint density at radius 2 is 2.00 bits per heavy atom. The molecule has 0 saturated carbocycles. The fourth-order valence-electron chi connectivity index (χ4n) is 2.51. The number of carbonyl (C=O) groups is 2. The van der Waals surface area contributed by atoms with Crippen molar-refractivity contribution in [3.63, 3.8) is 0 Å². The number of likely N-dealkylation sites (tertiary alicyclic amines) is 1. The highest BCUT2D eigenvalue weighted by Crippen LogP contribution is 2.12. The average molecular weight is 341 g/mol. The normalized spacial score (nSPS) is 15.0. The van der Waals surface area contributed by atoms with Crippen LogP contribution in [0.2, 0.25) is 0 Å². The number of hydrogen-bond acceptors (Lipinski definition) is 3. The number of piperidine rings is 1. The van der Waals surface area contributed by atoms with E-state index in [9.17, 15) is 18.4 Å². The predicted molar refractivity (Wildman–Crippen MR) is 83.3 cm³/mol. The van der Waals surface area contributed by atoms with Gasteiger partial charge in [-0.3, -0.25) is 0 Å². The summed E-state index contributed by atoms with van der Waals surface area (Å²) in [6, 6.07) is 2.57. The van der Waals surface area contributed by atoms with E-state index in [-0.39, 0.29) is 24.2 Å². The van der Waals surface area contributed by atoms with Crippen LogP contribution in [0.1, 0.15) is 25.3 Å². The van der Waals surface area contributed by atoms with Crippen LogP contribution in [0.3, 0.4) is 0 Å². The predicted octanol–water partition coefficient (Wildman–Crippen LogP) is 2.38. The number of ether oxygens (including phenoxy) is 1. The van der Waals surface area contributed by atoms with Crippen molar-refractivity contribution in [1.82, 2.24) is 15.5 Å². The van der Waals surface area contributed by atoms with Crippen molar-refractivity contribution in [2.75, 3.05) is 19.7 Å². The lowest BCUT2D eigenvalue weighted by Gasteiger charge is -2.31. The van der Waals surface area contributed by atoms with E-state index in [1.54, 1.807) is 11.8 Å². The van der Waals surface area contributed by atoms with Gasteiger partial charge in [0.15, 0.2) is 0 Å². The van der Waals surface area contributed by atoms with Crippen LogP contribution in [0.5, 0.6) is 0 Å². The number of urea groups is 1. The van der Waals surface area contributed by atoms with Crippen LogP contribution in [-0.4, -0.2) is 42.8 Å². The zero-order valence-electron chi connectivity index (χ0n) is 13.5. The lowest BCUT2D eigenvalue weighted by Crippen LogP contribution is -2.49. The summed E-state index contributed by atoms with van der Waals surface area (Å²) in [6.45, 7) is 2.98. The smallest absolute Gasteiger partial charge is 0.409 e.